The predicted octanol–water partition coefficient (Wildman–Crippen LogP) is 2.50. The van der Waals surface area contributed by atoms with Gasteiger partial charge in [-0.2, -0.15) is 0 Å². The number of rotatable bonds is 6. The fourth-order valence-electron chi connectivity index (χ4n) is 2.78. The summed E-state index contributed by atoms with van der Waals surface area (Å²) in [5.74, 6) is 1.42. The molecule has 1 saturated heterocycles. The topological polar surface area (TPSA) is 48.9 Å². The van der Waals surface area contributed by atoms with Crippen LogP contribution in [-0.4, -0.2) is 57.3 Å². The van der Waals surface area contributed by atoms with Crippen LogP contribution in [0, 0.1) is 5.92 Å². The van der Waals surface area contributed by atoms with E-state index in [0.29, 0.717) is 5.92 Å². The molecule has 0 radical (unpaired) electrons. The molecule has 0 amide bonds. The van der Waals surface area contributed by atoms with Gasteiger partial charge in [0.05, 0.1) is 19.3 Å². The molecule has 0 bridgehead atoms. The molecular formula is C18H31IN4O. The molecule has 136 valence electrons. The minimum Gasteiger partial charge on any atom is -0.379 e. The van der Waals surface area contributed by atoms with Gasteiger partial charge in [0.15, 0.2) is 5.96 Å². The second-order valence-corrected chi connectivity index (χ2v) is 6.25. The maximum atomic E-state index is 5.40. The maximum absolute atomic E-state index is 5.40. The van der Waals surface area contributed by atoms with E-state index in [1.165, 1.54) is 5.56 Å². The number of hydrogen-bond acceptors (Lipinski definition) is 3. The molecule has 1 aromatic rings. The summed E-state index contributed by atoms with van der Waals surface area (Å²) in [6, 6.07) is 10.7. The molecule has 0 aromatic heterocycles. The van der Waals surface area contributed by atoms with Crippen molar-refractivity contribution in [2.45, 2.75) is 19.9 Å². The molecule has 1 aliphatic heterocycles. The van der Waals surface area contributed by atoms with Crippen LogP contribution in [0.4, 0.5) is 0 Å². The van der Waals surface area contributed by atoms with Crippen molar-refractivity contribution in [2.75, 3.05) is 46.4 Å². The lowest BCUT2D eigenvalue weighted by molar-refractivity contribution is 0.0320. The monoisotopic (exact) mass is 446 g/mol. The fourth-order valence-corrected chi connectivity index (χ4v) is 2.78. The summed E-state index contributed by atoms with van der Waals surface area (Å²) < 4.78 is 5.40. The molecule has 6 heteroatoms. The van der Waals surface area contributed by atoms with Gasteiger partial charge in [-0.15, -0.1) is 24.0 Å². The number of guanidine groups is 1. The van der Waals surface area contributed by atoms with Crippen molar-refractivity contribution >= 4 is 29.9 Å². The van der Waals surface area contributed by atoms with E-state index in [0.717, 1.165) is 45.4 Å². The standard InChI is InChI=1S/C18H30N4O.HI/c1-15(14-22-9-11-23-12-10-22)13-20-18(19-3)21-16(2)17-7-5-4-6-8-17;/h4-8,15-16H,9-14H2,1-3H3,(H2,19,20,21);1H. The van der Waals surface area contributed by atoms with E-state index < -0.39 is 0 Å². The largest absolute Gasteiger partial charge is 0.379 e. The van der Waals surface area contributed by atoms with Crippen LogP contribution in [0.2, 0.25) is 0 Å². The Morgan fingerprint density at radius 3 is 2.50 bits per heavy atom. The predicted molar refractivity (Wildman–Crippen MR) is 111 cm³/mol. The summed E-state index contributed by atoms with van der Waals surface area (Å²) in [4.78, 5) is 6.80. The van der Waals surface area contributed by atoms with E-state index in [4.69, 9.17) is 4.74 Å². The van der Waals surface area contributed by atoms with E-state index in [1.807, 2.05) is 13.1 Å². The molecule has 0 aliphatic carbocycles. The van der Waals surface area contributed by atoms with Gasteiger partial charge >= 0.3 is 0 Å². The Morgan fingerprint density at radius 2 is 1.88 bits per heavy atom. The minimum atomic E-state index is 0. The maximum Gasteiger partial charge on any atom is 0.191 e. The number of ether oxygens (including phenoxy) is 1. The molecule has 1 aromatic carbocycles. The third kappa shape index (κ3) is 7.36. The Bertz CT molecular complexity index is 477. The number of nitrogens with one attached hydrogen (secondary N) is 2. The fraction of sp³-hybridized carbons (Fsp3) is 0.611. The van der Waals surface area contributed by atoms with Crippen molar-refractivity contribution in [1.29, 1.82) is 0 Å². The van der Waals surface area contributed by atoms with Crippen LogP contribution in [0.3, 0.4) is 0 Å². The SMILES string of the molecule is CN=C(NCC(C)CN1CCOCC1)NC(C)c1ccccc1.I. The number of hydrogen-bond donors (Lipinski definition) is 2. The van der Waals surface area contributed by atoms with Gasteiger partial charge in [-0.05, 0) is 18.4 Å². The molecular weight excluding hydrogens is 415 g/mol. The molecule has 2 atom stereocenters. The molecule has 0 spiro atoms. The Morgan fingerprint density at radius 1 is 1.21 bits per heavy atom. The lowest BCUT2D eigenvalue weighted by Crippen LogP contribution is -2.44. The normalized spacial score (nSPS) is 18.4. The van der Waals surface area contributed by atoms with E-state index in [1.54, 1.807) is 0 Å². The number of nitrogens with zero attached hydrogens (tertiary/aromatic N) is 2. The molecule has 0 saturated carbocycles. The number of benzene rings is 1. The van der Waals surface area contributed by atoms with Crippen molar-refractivity contribution < 1.29 is 4.74 Å². The van der Waals surface area contributed by atoms with Gasteiger partial charge in [0.2, 0.25) is 0 Å². The second-order valence-electron chi connectivity index (χ2n) is 6.25. The van der Waals surface area contributed by atoms with Gasteiger partial charge in [0, 0.05) is 33.2 Å². The Labute approximate surface area is 163 Å². The zero-order chi connectivity index (χ0) is 16.5. The third-order valence-corrected chi connectivity index (χ3v) is 4.17. The highest BCUT2D eigenvalue weighted by molar-refractivity contribution is 14.0. The number of morpholine rings is 1. The van der Waals surface area contributed by atoms with Crippen LogP contribution in [0.25, 0.3) is 0 Å². The van der Waals surface area contributed by atoms with Crippen molar-refractivity contribution in [3.63, 3.8) is 0 Å². The van der Waals surface area contributed by atoms with E-state index >= 15 is 0 Å². The Hall–Kier alpha value is -0.860. The molecule has 1 fully saturated rings. The highest BCUT2D eigenvalue weighted by Crippen LogP contribution is 2.10. The van der Waals surface area contributed by atoms with Crippen LogP contribution in [0.1, 0.15) is 25.5 Å². The Balaban J connectivity index is 0.00000288. The first-order valence-electron chi connectivity index (χ1n) is 8.51. The zero-order valence-electron chi connectivity index (χ0n) is 15.0. The third-order valence-electron chi connectivity index (χ3n) is 4.17. The molecule has 2 rings (SSSR count). The Kier molecular flexibility index (Phi) is 10.3. The van der Waals surface area contributed by atoms with Crippen LogP contribution < -0.4 is 10.6 Å². The van der Waals surface area contributed by atoms with Gasteiger partial charge in [-0.25, -0.2) is 0 Å². The summed E-state index contributed by atoms with van der Waals surface area (Å²) in [6.07, 6.45) is 0. The summed E-state index contributed by atoms with van der Waals surface area (Å²) in [7, 11) is 1.82. The molecule has 24 heavy (non-hydrogen) atoms. The lowest BCUT2D eigenvalue weighted by atomic mass is 10.1. The van der Waals surface area contributed by atoms with Crippen molar-refractivity contribution in [2.24, 2.45) is 10.9 Å². The first-order valence-corrected chi connectivity index (χ1v) is 8.51. The van der Waals surface area contributed by atoms with Crippen molar-refractivity contribution in [3.05, 3.63) is 35.9 Å². The van der Waals surface area contributed by atoms with E-state index in [9.17, 15) is 0 Å². The average molecular weight is 446 g/mol. The molecule has 1 aliphatic rings. The second kappa shape index (κ2) is 11.7. The smallest absolute Gasteiger partial charge is 0.191 e. The summed E-state index contributed by atoms with van der Waals surface area (Å²) >= 11 is 0. The summed E-state index contributed by atoms with van der Waals surface area (Å²) in [5, 5.41) is 6.89. The van der Waals surface area contributed by atoms with Crippen LogP contribution in [-0.2, 0) is 4.74 Å². The molecule has 5 nitrogen and oxygen atoms in total. The molecule has 2 N–H and O–H groups in total. The first-order chi connectivity index (χ1) is 11.2. The van der Waals surface area contributed by atoms with Gasteiger partial charge in [-0.1, -0.05) is 37.3 Å². The minimum absolute atomic E-state index is 0. The summed E-state index contributed by atoms with van der Waals surface area (Å²) in [5.41, 5.74) is 1.26. The van der Waals surface area contributed by atoms with Gasteiger partial charge in [-0.3, -0.25) is 9.89 Å². The highest BCUT2D eigenvalue weighted by atomic mass is 127. The molecule has 2 unspecified atom stereocenters. The summed E-state index contributed by atoms with van der Waals surface area (Å²) in [6.45, 7) is 10.2. The number of aliphatic imine (C=N–C) groups is 1. The lowest BCUT2D eigenvalue weighted by Gasteiger charge is -2.29. The van der Waals surface area contributed by atoms with Crippen LogP contribution in [0.15, 0.2) is 35.3 Å². The van der Waals surface area contributed by atoms with E-state index in [2.05, 4.69) is 58.6 Å². The quantitative estimate of drug-likeness (QED) is 0.401. The van der Waals surface area contributed by atoms with Crippen molar-refractivity contribution in [1.82, 2.24) is 15.5 Å². The zero-order valence-corrected chi connectivity index (χ0v) is 17.3. The van der Waals surface area contributed by atoms with Gasteiger partial charge < -0.3 is 15.4 Å². The van der Waals surface area contributed by atoms with Gasteiger partial charge in [0.1, 0.15) is 0 Å². The van der Waals surface area contributed by atoms with Crippen LogP contribution in [0.5, 0.6) is 0 Å². The average Bonchev–Trinajstić information content (AvgIpc) is 2.60. The van der Waals surface area contributed by atoms with Gasteiger partial charge in [0.25, 0.3) is 0 Å². The highest BCUT2D eigenvalue weighted by Gasteiger charge is 2.14. The molecule has 1 heterocycles. The van der Waals surface area contributed by atoms with E-state index in [-0.39, 0.29) is 30.0 Å². The van der Waals surface area contributed by atoms with Crippen molar-refractivity contribution in [3.8, 4) is 0 Å². The first kappa shape index (κ1) is 21.2. The van der Waals surface area contributed by atoms with Crippen LogP contribution >= 0.6 is 24.0 Å². The number of halogens is 1.